The smallest absolute Gasteiger partial charge is 0.281 e. The predicted molar refractivity (Wildman–Crippen MR) is 106 cm³/mol. The van der Waals surface area contributed by atoms with Gasteiger partial charge in [-0.3, -0.25) is 15.0 Å². The lowest BCUT2D eigenvalue weighted by atomic mass is 9.87. The molecule has 6 nitrogen and oxygen atoms in total. The highest BCUT2D eigenvalue weighted by Gasteiger charge is 2.16. The maximum Gasteiger partial charge on any atom is 0.281 e. The van der Waals surface area contributed by atoms with Gasteiger partial charge in [0.15, 0.2) is 0 Å². The second-order valence-corrected chi connectivity index (χ2v) is 7.09. The molecule has 0 saturated carbocycles. The van der Waals surface area contributed by atoms with E-state index in [9.17, 15) is 9.59 Å². The molecular weight excluding hydrogens is 342 g/mol. The van der Waals surface area contributed by atoms with Gasteiger partial charge in [0, 0.05) is 5.56 Å². The molecule has 0 fully saturated rings. The molecule has 0 aliphatic carbocycles. The maximum absolute atomic E-state index is 12.5. The van der Waals surface area contributed by atoms with Crippen LogP contribution < -0.4 is 21.3 Å². The Kier molecular flexibility index (Phi) is 6.36. The first-order valence-electron chi connectivity index (χ1n) is 8.53. The van der Waals surface area contributed by atoms with Crippen molar-refractivity contribution in [3.05, 3.63) is 70.9 Å². The molecule has 142 valence electrons. The Bertz CT molecular complexity index is 832. The van der Waals surface area contributed by atoms with Crippen LogP contribution in [0.2, 0.25) is 0 Å². The summed E-state index contributed by atoms with van der Waals surface area (Å²) < 4.78 is 5.11. The third-order valence-electron chi connectivity index (χ3n) is 4.06. The normalized spacial score (nSPS) is 11.7. The highest BCUT2D eigenvalue weighted by Crippen LogP contribution is 2.22. The Morgan fingerprint density at radius 3 is 2.07 bits per heavy atom. The van der Waals surface area contributed by atoms with Crippen molar-refractivity contribution in [2.24, 2.45) is 5.84 Å². The number of ether oxygens (including phenoxy) is 1. The van der Waals surface area contributed by atoms with Gasteiger partial charge in [-0.15, -0.1) is 0 Å². The fourth-order valence-corrected chi connectivity index (χ4v) is 2.42. The standard InChI is InChI=1S/C21H25N3O3/c1-21(2,3)16-9-7-15(8-10-16)19(25)23-18(20(26)24-22)13-14-5-11-17(27-4)12-6-14/h5-13H,22H2,1-4H3,(H,23,25)(H,24,26)/b18-13-. The highest BCUT2D eigenvalue weighted by molar-refractivity contribution is 6.05. The highest BCUT2D eigenvalue weighted by atomic mass is 16.5. The number of benzene rings is 2. The summed E-state index contributed by atoms with van der Waals surface area (Å²) in [5, 5.41) is 2.62. The van der Waals surface area contributed by atoms with Gasteiger partial charge in [0.1, 0.15) is 11.4 Å². The van der Waals surface area contributed by atoms with Crippen LogP contribution in [0.5, 0.6) is 5.75 Å². The maximum atomic E-state index is 12.5. The van der Waals surface area contributed by atoms with E-state index in [2.05, 4.69) is 26.1 Å². The predicted octanol–water partition coefficient (Wildman–Crippen LogP) is 2.75. The number of amides is 2. The molecule has 2 aromatic rings. The third-order valence-corrected chi connectivity index (χ3v) is 4.06. The van der Waals surface area contributed by atoms with Crippen LogP contribution in [0.4, 0.5) is 0 Å². The molecule has 4 N–H and O–H groups in total. The summed E-state index contributed by atoms with van der Waals surface area (Å²) in [6, 6.07) is 14.4. The van der Waals surface area contributed by atoms with Crippen LogP contribution in [0.3, 0.4) is 0 Å². The minimum atomic E-state index is -0.592. The zero-order chi connectivity index (χ0) is 20.0. The van der Waals surface area contributed by atoms with Crippen molar-refractivity contribution >= 4 is 17.9 Å². The molecular formula is C21H25N3O3. The summed E-state index contributed by atoms with van der Waals surface area (Å²) in [4.78, 5) is 24.6. The summed E-state index contributed by atoms with van der Waals surface area (Å²) in [5.74, 6) is 4.95. The van der Waals surface area contributed by atoms with Gasteiger partial charge in [0.2, 0.25) is 0 Å². The molecule has 0 atom stereocenters. The van der Waals surface area contributed by atoms with Crippen molar-refractivity contribution in [3.8, 4) is 5.75 Å². The van der Waals surface area contributed by atoms with Crippen LogP contribution >= 0.6 is 0 Å². The topological polar surface area (TPSA) is 93.4 Å². The van der Waals surface area contributed by atoms with Gasteiger partial charge in [-0.1, -0.05) is 45.0 Å². The SMILES string of the molecule is COc1ccc(/C=C(\NC(=O)c2ccc(C(C)(C)C)cc2)C(=O)NN)cc1. The molecule has 0 radical (unpaired) electrons. The van der Waals surface area contributed by atoms with E-state index in [1.807, 2.05) is 17.6 Å². The van der Waals surface area contributed by atoms with Crippen LogP contribution in [0.15, 0.2) is 54.2 Å². The average Bonchev–Trinajstić information content (AvgIpc) is 2.66. The second kappa shape index (κ2) is 8.51. The molecule has 2 aromatic carbocycles. The van der Waals surface area contributed by atoms with E-state index in [4.69, 9.17) is 10.6 Å². The van der Waals surface area contributed by atoms with Crippen molar-refractivity contribution in [2.75, 3.05) is 7.11 Å². The second-order valence-electron chi connectivity index (χ2n) is 7.09. The first kappa shape index (κ1) is 20.2. The lowest BCUT2D eigenvalue weighted by Crippen LogP contribution is -2.38. The van der Waals surface area contributed by atoms with Crippen LogP contribution in [-0.4, -0.2) is 18.9 Å². The van der Waals surface area contributed by atoms with Crippen LogP contribution in [0.1, 0.15) is 42.3 Å². The molecule has 0 saturated heterocycles. The van der Waals surface area contributed by atoms with E-state index in [0.717, 1.165) is 11.1 Å². The first-order chi connectivity index (χ1) is 12.7. The zero-order valence-electron chi connectivity index (χ0n) is 16.0. The van der Waals surface area contributed by atoms with E-state index < -0.39 is 5.91 Å². The Hall–Kier alpha value is -3.12. The number of carbonyl (C=O) groups excluding carboxylic acids is 2. The largest absolute Gasteiger partial charge is 0.497 e. The number of methoxy groups -OCH3 is 1. The number of hydrogen-bond acceptors (Lipinski definition) is 4. The van der Waals surface area contributed by atoms with E-state index in [1.165, 1.54) is 0 Å². The summed E-state index contributed by atoms with van der Waals surface area (Å²) >= 11 is 0. The number of nitrogens with one attached hydrogen (secondary N) is 2. The van der Waals surface area contributed by atoms with Crippen molar-refractivity contribution in [1.82, 2.24) is 10.7 Å². The van der Waals surface area contributed by atoms with Crippen LogP contribution in [0.25, 0.3) is 6.08 Å². The van der Waals surface area contributed by atoms with Gasteiger partial charge >= 0.3 is 0 Å². The number of rotatable bonds is 5. The van der Waals surface area contributed by atoms with Gasteiger partial charge in [0.25, 0.3) is 11.8 Å². The van der Waals surface area contributed by atoms with Gasteiger partial charge in [-0.25, -0.2) is 5.84 Å². The molecule has 0 heterocycles. The van der Waals surface area contributed by atoms with Gasteiger partial charge < -0.3 is 10.1 Å². The molecule has 0 aliphatic heterocycles. The zero-order valence-corrected chi connectivity index (χ0v) is 16.0. The first-order valence-corrected chi connectivity index (χ1v) is 8.53. The number of carbonyl (C=O) groups is 2. The molecule has 0 bridgehead atoms. The Morgan fingerprint density at radius 2 is 1.59 bits per heavy atom. The molecule has 0 spiro atoms. The van der Waals surface area contributed by atoms with Gasteiger partial charge in [-0.05, 0) is 46.9 Å². The quantitative estimate of drug-likeness (QED) is 0.328. The lowest BCUT2D eigenvalue weighted by molar-refractivity contribution is -0.117. The fraction of sp³-hybridized carbons (Fsp3) is 0.238. The van der Waals surface area contributed by atoms with Gasteiger partial charge in [-0.2, -0.15) is 0 Å². The number of nitrogens with two attached hydrogens (primary N) is 1. The Balaban J connectivity index is 2.23. The molecule has 2 rings (SSSR count). The van der Waals surface area contributed by atoms with Crippen molar-refractivity contribution in [3.63, 3.8) is 0 Å². The fourth-order valence-electron chi connectivity index (χ4n) is 2.42. The molecule has 0 aromatic heterocycles. The minimum Gasteiger partial charge on any atom is -0.497 e. The van der Waals surface area contributed by atoms with E-state index in [1.54, 1.807) is 49.6 Å². The summed E-state index contributed by atoms with van der Waals surface area (Å²) in [7, 11) is 1.57. The average molecular weight is 367 g/mol. The summed E-state index contributed by atoms with van der Waals surface area (Å²) in [6.07, 6.45) is 1.54. The van der Waals surface area contributed by atoms with Crippen molar-refractivity contribution < 1.29 is 14.3 Å². The number of hydrogen-bond donors (Lipinski definition) is 3. The van der Waals surface area contributed by atoms with Crippen LogP contribution in [-0.2, 0) is 10.2 Å². The molecule has 2 amide bonds. The van der Waals surface area contributed by atoms with E-state index >= 15 is 0 Å². The van der Waals surface area contributed by atoms with Crippen LogP contribution in [0, 0.1) is 0 Å². The summed E-state index contributed by atoms with van der Waals surface area (Å²) in [5.41, 5.74) is 4.38. The molecule has 6 heteroatoms. The molecule has 27 heavy (non-hydrogen) atoms. The van der Waals surface area contributed by atoms with E-state index in [-0.39, 0.29) is 17.0 Å². The number of hydrazine groups is 1. The van der Waals surface area contributed by atoms with Crippen molar-refractivity contribution in [2.45, 2.75) is 26.2 Å². The summed E-state index contributed by atoms with van der Waals surface area (Å²) in [6.45, 7) is 6.30. The third kappa shape index (κ3) is 5.43. The Morgan fingerprint density at radius 1 is 1.00 bits per heavy atom. The Labute approximate surface area is 159 Å². The van der Waals surface area contributed by atoms with E-state index in [0.29, 0.717) is 11.3 Å². The lowest BCUT2D eigenvalue weighted by Gasteiger charge is -2.19. The molecule has 0 aliphatic rings. The monoisotopic (exact) mass is 367 g/mol. The minimum absolute atomic E-state index is 0.00608. The molecule has 0 unspecified atom stereocenters. The van der Waals surface area contributed by atoms with Crippen molar-refractivity contribution in [1.29, 1.82) is 0 Å². The van der Waals surface area contributed by atoms with Gasteiger partial charge in [0.05, 0.1) is 7.11 Å².